The van der Waals surface area contributed by atoms with Crippen LogP contribution in [0.1, 0.15) is 101 Å². The maximum atomic E-state index is 11.4. The monoisotopic (exact) mass is 686 g/mol. The molecule has 3 aromatic rings. The Labute approximate surface area is 299 Å². The van der Waals surface area contributed by atoms with Crippen molar-refractivity contribution in [3.05, 3.63) is 100 Å². The Morgan fingerprint density at radius 3 is 1.71 bits per heavy atom. The van der Waals surface area contributed by atoms with Gasteiger partial charge in [0, 0.05) is 39.0 Å². The number of anilines is 3. The van der Waals surface area contributed by atoms with Crippen molar-refractivity contribution in [2.24, 2.45) is 16.7 Å². The average Bonchev–Trinajstić information content (AvgIpc) is 2.97. The lowest BCUT2D eigenvalue weighted by molar-refractivity contribution is 0.190. The third-order valence-electron chi connectivity index (χ3n) is 8.96. The van der Waals surface area contributed by atoms with Crippen LogP contribution in [0.15, 0.2) is 93.9 Å². The first-order valence-corrected chi connectivity index (χ1v) is 19.1. The van der Waals surface area contributed by atoms with E-state index >= 15 is 0 Å². The molecular weight excluding hydrogens is 629 g/mol. The van der Waals surface area contributed by atoms with E-state index < -0.39 is 0 Å². The Morgan fingerprint density at radius 2 is 1.21 bits per heavy atom. The molecule has 0 aliphatic heterocycles. The van der Waals surface area contributed by atoms with Gasteiger partial charge in [-0.15, -0.1) is 23.5 Å². The van der Waals surface area contributed by atoms with E-state index in [1.54, 1.807) is 0 Å². The SMILES string of the molecule is CC(C)(C)C1=C(O)C(C(C)(C)C)CC(SCN(CSc2cc(C(C)(C)C)c(O)c(C(C)(C)C)c2)c2ccc(Nc3ccccc3)cc2)=C1. The molecule has 3 aromatic carbocycles. The van der Waals surface area contributed by atoms with Crippen LogP contribution >= 0.6 is 23.5 Å². The summed E-state index contributed by atoms with van der Waals surface area (Å²) < 4.78 is 0. The van der Waals surface area contributed by atoms with Crippen LogP contribution in [0.5, 0.6) is 5.75 Å². The summed E-state index contributed by atoms with van der Waals surface area (Å²) in [7, 11) is 0. The van der Waals surface area contributed by atoms with Gasteiger partial charge in [-0.3, -0.25) is 0 Å². The third-order valence-corrected chi connectivity index (χ3v) is 11.1. The molecule has 1 unspecified atom stereocenters. The fraction of sp³-hybridized carbons (Fsp3) is 0.476. The Balaban J connectivity index is 1.66. The lowest BCUT2D eigenvalue weighted by Crippen LogP contribution is -2.29. The predicted octanol–water partition coefficient (Wildman–Crippen LogP) is 12.8. The molecule has 0 radical (unpaired) electrons. The van der Waals surface area contributed by atoms with E-state index in [2.05, 4.69) is 148 Å². The molecule has 4 rings (SSSR count). The highest BCUT2D eigenvalue weighted by Crippen LogP contribution is 2.47. The molecule has 1 aliphatic rings. The van der Waals surface area contributed by atoms with Gasteiger partial charge < -0.3 is 20.4 Å². The van der Waals surface area contributed by atoms with Crippen molar-refractivity contribution >= 4 is 40.6 Å². The summed E-state index contributed by atoms with van der Waals surface area (Å²) in [4.78, 5) is 4.90. The number of phenolic OH excluding ortho intramolecular Hbond substituents is 1. The van der Waals surface area contributed by atoms with E-state index in [-0.39, 0.29) is 27.6 Å². The number of hydrogen-bond acceptors (Lipinski definition) is 6. The van der Waals surface area contributed by atoms with Crippen LogP contribution < -0.4 is 10.2 Å². The van der Waals surface area contributed by atoms with Crippen LogP contribution in [0.3, 0.4) is 0 Å². The molecule has 0 heterocycles. The second-order valence-electron chi connectivity index (χ2n) is 17.3. The van der Waals surface area contributed by atoms with E-state index in [0.29, 0.717) is 11.5 Å². The van der Waals surface area contributed by atoms with Gasteiger partial charge in [0.25, 0.3) is 0 Å². The van der Waals surface area contributed by atoms with E-state index in [0.717, 1.165) is 56.8 Å². The number of aliphatic hydroxyl groups excluding tert-OH is 1. The molecule has 48 heavy (non-hydrogen) atoms. The fourth-order valence-electron chi connectivity index (χ4n) is 5.98. The predicted molar refractivity (Wildman–Crippen MR) is 212 cm³/mol. The Kier molecular flexibility index (Phi) is 11.4. The van der Waals surface area contributed by atoms with E-state index in [9.17, 15) is 10.2 Å². The van der Waals surface area contributed by atoms with E-state index in [1.165, 1.54) is 4.91 Å². The lowest BCUT2D eigenvalue weighted by atomic mass is 9.71. The van der Waals surface area contributed by atoms with Gasteiger partial charge in [-0.25, -0.2) is 0 Å². The molecule has 3 N–H and O–H groups in total. The molecule has 0 spiro atoms. The van der Waals surface area contributed by atoms with Gasteiger partial charge in [0.15, 0.2) is 0 Å². The zero-order valence-corrected chi connectivity index (χ0v) is 32.9. The number of para-hydroxylation sites is 1. The average molecular weight is 687 g/mol. The highest BCUT2D eigenvalue weighted by atomic mass is 32.2. The van der Waals surface area contributed by atoms with Crippen LogP contribution in [0.2, 0.25) is 0 Å². The molecule has 0 saturated heterocycles. The second-order valence-corrected chi connectivity index (χ2v) is 19.4. The van der Waals surface area contributed by atoms with E-state index in [1.807, 2.05) is 41.7 Å². The number of aliphatic hydroxyl groups is 1. The van der Waals surface area contributed by atoms with Crippen LogP contribution in [0, 0.1) is 16.7 Å². The number of phenols is 1. The minimum atomic E-state index is -0.182. The zero-order chi connectivity index (χ0) is 35.7. The molecule has 0 bridgehead atoms. The molecule has 260 valence electrons. The summed E-state index contributed by atoms with van der Waals surface area (Å²) in [6, 6.07) is 23.3. The van der Waals surface area contributed by atoms with Crippen LogP contribution in [0.4, 0.5) is 17.1 Å². The van der Waals surface area contributed by atoms with Gasteiger partial charge in [0.2, 0.25) is 0 Å². The Hall–Kier alpha value is -2.96. The lowest BCUT2D eigenvalue weighted by Gasteiger charge is -2.38. The molecule has 0 amide bonds. The molecule has 1 aliphatic carbocycles. The van der Waals surface area contributed by atoms with Gasteiger partial charge in [-0.2, -0.15) is 0 Å². The summed E-state index contributed by atoms with van der Waals surface area (Å²) in [5, 5.41) is 26.2. The van der Waals surface area contributed by atoms with Crippen molar-refractivity contribution in [1.29, 1.82) is 0 Å². The highest BCUT2D eigenvalue weighted by Gasteiger charge is 2.36. The minimum absolute atomic E-state index is 0.0494. The van der Waals surface area contributed by atoms with Gasteiger partial charge in [0.1, 0.15) is 5.75 Å². The van der Waals surface area contributed by atoms with Crippen LogP contribution in [0.25, 0.3) is 0 Å². The topological polar surface area (TPSA) is 55.7 Å². The molecule has 6 heteroatoms. The quantitative estimate of drug-likeness (QED) is 0.154. The van der Waals surface area contributed by atoms with Gasteiger partial charge in [0.05, 0.1) is 17.5 Å². The maximum absolute atomic E-state index is 11.4. The summed E-state index contributed by atoms with van der Waals surface area (Å²) in [5.74, 6) is 2.56. The number of rotatable bonds is 9. The first-order valence-electron chi connectivity index (χ1n) is 17.1. The first kappa shape index (κ1) is 37.9. The van der Waals surface area contributed by atoms with Crippen molar-refractivity contribution in [2.75, 3.05) is 22.0 Å². The zero-order valence-electron chi connectivity index (χ0n) is 31.3. The van der Waals surface area contributed by atoms with Crippen molar-refractivity contribution in [1.82, 2.24) is 0 Å². The number of nitrogens with one attached hydrogen (secondary N) is 1. The number of aromatic hydroxyl groups is 1. The number of benzene rings is 3. The van der Waals surface area contributed by atoms with Crippen molar-refractivity contribution in [3.63, 3.8) is 0 Å². The Bertz CT molecular complexity index is 1580. The fourth-order valence-corrected chi connectivity index (χ4v) is 8.09. The normalized spacial score (nSPS) is 16.2. The summed E-state index contributed by atoms with van der Waals surface area (Å²) in [6.07, 6.45) is 3.08. The maximum Gasteiger partial charge on any atom is 0.123 e. The van der Waals surface area contributed by atoms with Crippen LogP contribution in [-0.4, -0.2) is 22.0 Å². The Morgan fingerprint density at radius 1 is 0.688 bits per heavy atom. The molecule has 0 saturated carbocycles. The van der Waals surface area contributed by atoms with Crippen LogP contribution in [-0.2, 0) is 10.8 Å². The second kappa shape index (κ2) is 14.5. The van der Waals surface area contributed by atoms with Gasteiger partial charge in [-0.1, -0.05) is 101 Å². The molecule has 0 fully saturated rings. The molecule has 1 atom stereocenters. The van der Waals surface area contributed by atoms with E-state index in [4.69, 9.17) is 0 Å². The molecule has 0 aromatic heterocycles. The number of hydrogen-bond donors (Lipinski definition) is 3. The standard InChI is InChI=1S/C42H58N2O2S2/c1-39(2,3)33-22-31(23-34(37(33)45)40(4,5)6)47-26-44(30-20-18-29(19-21-30)43-28-16-14-13-15-17-28)27-48-32-24-35(41(7,8)9)38(46)36(25-32)42(10,11)12/h13-24,36,43,45-46H,25-27H2,1-12H3. The number of thioether (sulfide) groups is 2. The largest absolute Gasteiger partial charge is 0.512 e. The first-order chi connectivity index (χ1) is 22.1. The van der Waals surface area contributed by atoms with Crippen molar-refractivity contribution in [2.45, 2.75) is 105 Å². The van der Waals surface area contributed by atoms with Crippen molar-refractivity contribution < 1.29 is 10.2 Å². The summed E-state index contributed by atoms with van der Waals surface area (Å²) in [5.41, 5.74) is 5.71. The molecule has 4 nitrogen and oxygen atoms in total. The molecular formula is C42H58N2O2S2. The van der Waals surface area contributed by atoms with Gasteiger partial charge in [-0.05, 0) is 93.2 Å². The third kappa shape index (κ3) is 9.59. The van der Waals surface area contributed by atoms with Crippen molar-refractivity contribution in [3.8, 4) is 5.75 Å². The highest BCUT2D eigenvalue weighted by molar-refractivity contribution is 8.03. The smallest absolute Gasteiger partial charge is 0.123 e. The summed E-state index contributed by atoms with van der Waals surface area (Å²) >= 11 is 3.69. The van der Waals surface area contributed by atoms with Gasteiger partial charge >= 0.3 is 0 Å². The number of nitrogens with zero attached hydrogens (tertiary/aromatic N) is 1. The minimum Gasteiger partial charge on any atom is -0.512 e. The number of allylic oxidation sites excluding steroid dienone is 4. The summed E-state index contributed by atoms with van der Waals surface area (Å²) in [6.45, 7) is 26.2.